The van der Waals surface area contributed by atoms with Crippen LogP contribution < -0.4 is 10.2 Å². The molecule has 2 aromatic carbocycles. The molecule has 0 aliphatic heterocycles. The number of carbonyl (C=O) groups is 1. The van der Waals surface area contributed by atoms with Crippen molar-refractivity contribution in [3.8, 4) is 0 Å². The van der Waals surface area contributed by atoms with Crippen LogP contribution in [0, 0.1) is 10.1 Å². The number of hydrogen-bond acceptors (Lipinski definition) is 6. The molecule has 0 unspecified atom stereocenters. The number of halogens is 2. The third-order valence-corrected chi connectivity index (χ3v) is 5.32. The van der Waals surface area contributed by atoms with E-state index in [2.05, 4.69) is 66.2 Å². The maximum absolute atomic E-state index is 11.7. The Labute approximate surface area is 192 Å². The fraction of sp³-hybridized carbons (Fsp3) is 0.350. The van der Waals surface area contributed by atoms with Crippen molar-refractivity contribution in [3.63, 3.8) is 0 Å². The number of rotatable bonds is 9. The zero-order chi connectivity index (χ0) is 22.3. The molecule has 0 atom stereocenters. The second-order valence-corrected chi connectivity index (χ2v) is 8.29. The summed E-state index contributed by atoms with van der Waals surface area (Å²) in [4.78, 5) is 24.5. The highest BCUT2D eigenvalue weighted by Gasteiger charge is 2.15. The maximum Gasteiger partial charge on any atom is 0.271 e. The number of nitro benzene ring substituents is 1. The van der Waals surface area contributed by atoms with E-state index in [4.69, 9.17) is 0 Å². The van der Waals surface area contributed by atoms with Gasteiger partial charge < -0.3 is 10.2 Å². The summed E-state index contributed by atoms with van der Waals surface area (Å²) in [5, 5.41) is 22.3. The lowest BCUT2D eigenvalue weighted by Gasteiger charge is -2.24. The Kier molecular flexibility index (Phi) is 8.91. The average molecular weight is 541 g/mol. The van der Waals surface area contributed by atoms with Gasteiger partial charge in [0.1, 0.15) is 11.4 Å². The zero-order valence-corrected chi connectivity index (χ0v) is 20.2. The average Bonchev–Trinajstić information content (AvgIpc) is 2.67. The van der Waals surface area contributed by atoms with Crippen molar-refractivity contribution in [1.29, 1.82) is 0 Å². The van der Waals surface area contributed by atoms with Gasteiger partial charge in [-0.25, -0.2) is 0 Å². The molecule has 0 heterocycles. The number of nitrogens with zero attached hydrogens (tertiary/aromatic N) is 4. The topological polar surface area (TPSA) is 100 Å². The molecule has 2 aromatic rings. The molecule has 0 fully saturated rings. The zero-order valence-electron chi connectivity index (χ0n) is 17.0. The first-order chi connectivity index (χ1) is 14.3. The summed E-state index contributed by atoms with van der Waals surface area (Å²) >= 11 is 6.60. The van der Waals surface area contributed by atoms with E-state index in [1.165, 1.54) is 19.1 Å². The molecule has 0 bridgehead atoms. The van der Waals surface area contributed by atoms with Crippen molar-refractivity contribution in [2.45, 2.75) is 33.6 Å². The molecule has 0 saturated carbocycles. The largest absolute Gasteiger partial charge is 0.371 e. The van der Waals surface area contributed by atoms with Gasteiger partial charge in [0, 0.05) is 37.8 Å². The van der Waals surface area contributed by atoms with Crippen molar-refractivity contribution in [2.24, 2.45) is 10.2 Å². The van der Waals surface area contributed by atoms with Gasteiger partial charge >= 0.3 is 0 Å². The van der Waals surface area contributed by atoms with E-state index in [9.17, 15) is 14.9 Å². The SMILES string of the molecule is CCCN(CCC)c1ccc(N=Nc2c(Br)cc([N+](=O)[O-])cc2Br)c(NC(C)=O)c1. The Hall–Kier alpha value is -2.33. The second-order valence-electron chi connectivity index (χ2n) is 6.58. The van der Waals surface area contributed by atoms with Crippen molar-refractivity contribution in [3.05, 3.63) is 49.4 Å². The van der Waals surface area contributed by atoms with Crippen molar-refractivity contribution in [2.75, 3.05) is 23.3 Å². The van der Waals surface area contributed by atoms with E-state index in [-0.39, 0.29) is 11.6 Å². The number of non-ortho nitro benzene ring substituents is 1. The van der Waals surface area contributed by atoms with Crippen LogP contribution in [-0.4, -0.2) is 23.9 Å². The summed E-state index contributed by atoms with van der Waals surface area (Å²) in [6.07, 6.45) is 2.03. The lowest BCUT2D eigenvalue weighted by atomic mass is 10.2. The molecule has 0 aliphatic rings. The minimum Gasteiger partial charge on any atom is -0.371 e. The molecule has 0 spiro atoms. The van der Waals surface area contributed by atoms with Gasteiger partial charge in [-0.05, 0) is 62.9 Å². The summed E-state index contributed by atoms with van der Waals surface area (Å²) in [6, 6.07) is 8.37. The van der Waals surface area contributed by atoms with Gasteiger partial charge in [0.2, 0.25) is 5.91 Å². The van der Waals surface area contributed by atoms with Crippen LogP contribution >= 0.6 is 31.9 Å². The number of benzene rings is 2. The highest BCUT2D eigenvalue weighted by Crippen LogP contribution is 2.39. The van der Waals surface area contributed by atoms with E-state index in [1.54, 1.807) is 6.07 Å². The van der Waals surface area contributed by atoms with Crippen LogP contribution in [-0.2, 0) is 4.79 Å². The summed E-state index contributed by atoms with van der Waals surface area (Å²) in [5.41, 5.74) is 2.38. The molecule has 160 valence electrons. The van der Waals surface area contributed by atoms with E-state index < -0.39 is 4.92 Å². The fourth-order valence-electron chi connectivity index (χ4n) is 2.86. The number of anilines is 2. The molecule has 8 nitrogen and oxygen atoms in total. The summed E-state index contributed by atoms with van der Waals surface area (Å²) in [7, 11) is 0. The van der Waals surface area contributed by atoms with Crippen molar-refractivity contribution >= 4 is 66.2 Å². The lowest BCUT2D eigenvalue weighted by molar-refractivity contribution is -0.385. The molecule has 0 aliphatic carbocycles. The number of nitro groups is 1. The number of nitrogens with one attached hydrogen (secondary N) is 1. The van der Waals surface area contributed by atoms with E-state index in [0.29, 0.717) is 26.0 Å². The van der Waals surface area contributed by atoms with Crippen LogP contribution in [0.3, 0.4) is 0 Å². The molecule has 0 saturated heterocycles. The number of amides is 1. The number of hydrogen-bond donors (Lipinski definition) is 1. The molecule has 0 aromatic heterocycles. The minimum atomic E-state index is -0.484. The summed E-state index contributed by atoms with van der Waals surface area (Å²) in [6.45, 7) is 7.51. The standard InChI is InChI=1S/C20H23Br2N5O3/c1-4-8-26(9-5-2)14-6-7-18(19(12-14)23-13(3)28)24-25-20-16(21)10-15(27(29)30)11-17(20)22/h6-7,10-12H,4-5,8-9H2,1-3H3,(H,23,28). The molecule has 2 rings (SSSR count). The van der Waals surface area contributed by atoms with Gasteiger partial charge in [-0.15, -0.1) is 10.2 Å². The molecular weight excluding hydrogens is 518 g/mol. The Morgan fingerprint density at radius 3 is 2.20 bits per heavy atom. The lowest BCUT2D eigenvalue weighted by Crippen LogP contribution is -2.24. The third kappa shape index (κ3) is 6.33. The van der Waals surface area contributed by atoms with E-state index >= 15 is 0 Å². The smallest absolute Gasteiger partial charge is 0.271 e. The van der Waals surface area contributed by atoms with Gasteiger partial charge in [-0.1, -0.05) is 13.8 Å². The summed E-state index contributed by atoms with van der Waals surface area (Å²) < 4.78 is 0.865. The quantitative estimate of drug-likeness (QED) is 0.208. The first-order valence-corrected chi connectivity index (χ1v) is 11.1. The van der Waals surface area contributed by atoms with Crippen molar-refractivity contribution in [1.82, 2.24) is 0 Å². The highest BCUT2D eigenvalue weighted by molar-refractivity contribution is 9.11. The van der Waals surface area contributed by atoms with Gasteiger partial charge in [-0.3, -0.25) is 14.9 Å². The van der Waals surface area contributed by atoms with Gasteiger partial charge in [-0.2, -0.15) is 0 Å². The monoisotopic (exact) mass is 539 g/mol. The second kappa shape index (κ2) is 11.2. The van der Waals surface area contributed by atoms with Crippen LogP contribution in [0.5, 0.6) is 0 Å². The number of carbonyl (C=O) groups excluding carboxylic acids is 1. The maximum atomic E-state index is 11.7. The number of azo groups is 1. The predicted molar refractivity (Wildman–Crippen MR) is 126 cm³/mol. The van der Waals surface area contributed by atoms with E-state index in [1.807, 2.05) is 12.1 Å². The van der Waals surface area contributed by atoms with Gasteiger partial charge in [0.15, 0.2) is 0 Å². The van der Waals surface area contributed by atoms with Crippen LogP contribution in [0.15, 0.2) is 49.5 Å². The predicted octanol–water partition coefficient (Wildman–Crippen LogP) is 7.12. The van der Waals surface area contributed by atoms with Crippen LogP contribution in [0.1, 0.15) is 33.6 Å². The third-order valence-electron chi connectivity index (χ3n) is 4.11. The highest BCUT2D eigenvalue weighted by atomic mass is 79.9. The minimum absolute atomic E-state index is 0.0667. The molecule has 1 amide bonds. The molecular formula is C20H23Br2N5O3. The molecule has 1 N–H and O–H groups in total. The summed E-state index contributed by atoms with van der Waals surface area (Å²) in [5.74, 6) is -0.209. The van der Waals surface area contributed by atoms with Crippen LogP contribution in [0.25, 0.3) is 0 Å². The Bertz CT molecular complexity index is 936. The van der Waals surface area contributed by atoms with Crippen molar-refractivity contribution < 1.29 is 9.72 Å². The Morgan fingerprint density at radius 1 is 1.10 bits per heavy atom. The normalized spacial score (nSPS) is 11.0. The molecule has 0 radical (unpaired) electrons. The fourth-order valence-corrected chi connectivity index (χ4v) is 4.19. The Balaban J connectivity index is 2.43. The molecule has 10 heteroatoms. The van der Waals surface area contributed by atoms with Crippen LogP contribution in [0.2, 0.25) is 0 Å². The first-order valence-electron chi connectivity index (χ1n) is 9.48. The Morgan fingerprint density at radius 2 is 1.70 bits per heavy atom. The van der Waals surface area contributed by atoms with Gasteiger partial charge in [0.25, 0.3) is 5.69 Å². The van der Waals surface area contributed by atoms with Crippen LogP contribution in [0.4, 0.5) is 28.4 Å². The van der Waals surface area contributed by atoms with Gasteiger partial charge in [0.05, 0.1) is 19.6 Å². The molecule has 30 heavy (non-hydrogen) atoms. The van der Waals surface area contributed by atoms with E-state index in [0.717, 1.165) is 31.6 Å². The first kappa shape index (κ1) is 23.9.